The monoisotopic (exact) mass is 414 g/mol. The van der Waals surface area contributed by atoms with Crippen molar-refractivity contribution in [2.24, 2.45) is 0 Å². The minimum absolute atomic E-state index is 0.0510. The zero-order chi connectivity index (χ0) is 20.8. The van der Waals surface area contributed by atoms with Gasteiger partial charge in [0, 0.05) is 24.2 Å². The standard InChI is InChI=1S/C19H18N4O5S/c1-2-3-17(24)22-19-21-15-9-4-12(10-16(15)29-19)20-18(25)11-28-14-7-5-13(6-8-14)23(26)27/h4-10H,2-3,11H2,1H3,(H,20,25)(H,21,22,24). The van der Waals surface area contributed by atoms with Crippen LogP contribution >= 0.6 is 11.3 Å². The molecular formula is C19H18N4O5S. The molecule has 10 heteroatoms. The first kappa shape index (κ1) is 20.2. The van der Waals surface area contributed by atoms with Gasteiger partial charge in [-0.3, -0.25) is 19.7 Å². The molecule has 0 aliphatic rings. The number of nitro groups is 1. The number of aromatic nitrogens is 1. The third-order valence-electron chi connectivity index (χ3n) is 3.81. The van der Waals surface area contributed by atoms with Crippen molar-refractivity contribution >= 4 is 49.9 Å². The zero-order valence-electron chi connectivity index (χ0n) is 15.5. The molecule has 0 atom stereocenters. The van der Waals surface area contributed by atoms with E-state index in [9.17, 15) is 19.7 Å². The van der Waals surface area contributed by atoms with Crippen molar-refractivity contribution in [3.63, 3.8) is 0 Å². The summed E-state index contributed by atoms with van der Waals surface area (Å²) in [6, 6.07) is 10.7. The molecule has 2 amide bonds. The molecule has 2 N–H and O–H groups in total. The van der Waals surface area contributed by atoms with E-state index in [1.807, 2.05) is 6.92 Å². The lowest BCUT2D eigenvalue weighted by molar-refractivity contribution is -0.384. The average Bonchev–Trinajstić information content (AvgIpc) is 3.08. The van der Waals surface area contributed by atoms with E-state index in [1.54, 1.807) is 18.2 Å². The van der Waals surface area contributed by atoms with Crippen LogP contribution in [0.2, 0.25) is 0 Å². The molecule has 0 bridgehead atoms. The summed E-state index contributed by atoms with van der Waals surface area (Å²) in [6.45, 7) is 1.69. The van der Waals surface area contributed by atoms with Gasteiger partial charge < -0.3 is 15.4 Å². The molecule has 9 nitrogen and oxygen atoms in total. The number of rotatable bonds is 8. The predicted octanol–water partition coefficient (Wildman–Crippen LogP) is 3.96. The van der Waals surface area contributed by atoms with Crippen molar-refractivity contribution in [3.8, 4) is 5.75 Å². The third-order valence-corrected chi connectivity index (χ3v) is 4.75. The van der Waals surface area contributed by atoms with Crippen LogP contribution in [0.1, 0.15) is 19.8 Å². The molecule has 2 aromatic carbocycles. The van der Waals surface area contributed by atoms with Crippen molar-refractivity contribution in [1.82, 2.24) is 4.98 Å². The van der Waals surface area contributed by atoms with Gasteiger partial charge in [-0.25, -0.2) is 4.98 Å². The smallest absolute Gasteiger partial charge is 0.269 e. The Morgan fingerprint density at radius 1 is 1.14 bits per heavy atom. The van der Waals surface area contributed by atoms with Gasteiger partial charge in [0.25, 0.3) is 11.6 Å². The highest BCUT2D eigenvalue weighted by Gasteiger charge is 2.10. The van der Waals surface area contributed by atoms with E-state index in [1.165, 1.54) is 35.6 Å². The summed E-state index contributed by atoms with van der Waals surface area (Å²) >= 11 is 1.33. The Balaban J connectivity index is 1.58. The highest BCUT2D eigenvalue weighted by molar-refractivity contribution is 7.22. The Hall–Kier alpha value is -3.53. The number of ether oxygens (including phenoxy) is 1. The lowest BCUT2D eigenvalue weighted by atomic mass is 10.3. The van der Waals surface area contributed by atoms with E-state index < -0.39 is 4.92 Å². The van der Waals surface area contributed by atoms with Crippen molar-refractivity contribution in [2.45, 2.75) is 19.8 Å². The number of non-ortho nitro benzene ring substituents is 1. The molecule has 0 fully saturated rings. The second kappa shape index (κ2) is 9.11. The van der Waals surface area contributed by atoms with E-state index in [-0.39, 0.29) is 24.1 Å². The summed E-state index contributed by atoms with van der Waals surface area (Å²) < 4.78 is 6.17. The van der Waals surface area contributed by atoms with E-state index in [2.05, 4.69) is 15.6 Å². The Bertz CT molecular complexity index is 1050. The number of anilines is 2. The molecule has 1 heterocycles. The Morgan fingerprint density at radius 2 is 1.90 bits per heavy atom. The number of benzene rings is 2. The lowest BCUT2D eigenvalue weighted by Gasteiger charge is -2.07. The summed E-state index contributed by atoms with van der Waals surface area (Å²) in [5.41, 5.74) is 1.25. The van der Waals surface area contributed by atoms with Crippen LogP contribution in [0.4, 0.5) is 16.5 Å². The Labute approximate surface area is 169 Å². The molecular weight excluding hydrogens is 396 g/mol. The van der Waals surface area contributed by atoms with Crippen LogP contribution in [0.15, 0.2) is 42.5 Å². The van der Waals surface area contributed by atoms with Crippen LogP contribution < -0.4 is 15.4 Å². The van der Waals surface area contributed by atoms with Gasteiger partial charge in [-0.2, -0.15) is 0 Å². The van der Waals surface area contributed by atoms with Gasteiger partial charge in [0.1, 0.15) is 5.75 Å². The number of hydrogen-bond acceptors (Lipinski definition) is 7. The number of nitrogens with zero attached hydrogens (tertiary/aromatic N) is 2. The van der Waals surface area contributed by atoms with Gasteiger partial charge >= 0.3 is 0 Å². The fourth-order valence-corrected chi connectivity index (χ4v) is 3.40. The SMILES string of the molecule is CCCC(=O)Nc1nc2ccc(NC(=O)COc3ccc([N+](=O)[O-])cc3)cc2s1. The van der Waals surface area contributed by atoms with E-state index >= 15 is 0 Å². The minimum atomic E-state index is -0.507. The van der Waals surface area contributed by atoms with Gasteiger partial charge in [-0.1, -0.05) is 18.3 Å². The average molecular weight is 414 g/mol. The van der Waals surface area contributed by atoms with Gasteiger partial charge in [0.2, 0.25) is 5.91 Å². The van der Waals surface area contributed by atoms with Crippen molar-refractivity contribution in [3.05, 3.63) is 52.6 Å². The molecule has 29 heavy (non-hydrogen) atoms. The Morgan fingerprint density at radius 3 is 2.59 bits per heavy atom. The number of carbonyl (C=O) groups is 2. The summed E-state index contributed by atoms with van der Waals surface area (Å²) in [5.74, 6) is -0.0942. The maximum absolute atomic E-state index is 12.1. The first-order valence-electron chi connectivity index (χ1n) is 8.82. The van der Waals surface area contributed by atoms with Crippen molar-refractivity contribution < 1.29 is 19.2 Å². The number of fused-ring (bicyclic) bond motifs is 1. The second-order valence-electron chi connectivity index (χ2n) is 6.09. The lowest BCUT2D eigenvalue weighted by Crippen LogP contribution is -2.20. The topological polar surface area (TPSA) is 123 Å². The number of hydrogen-bond donors (Lipinski definition) is 2. The number of nitro benzene ring substituents is 1. The Kier molecular flexibility index (Phi) is 6.35. The van der Waals surface area contributed by atoms with E-state index in [0.717, 1.165) is 16.6 Å². The quantitative estimate of drug-likeness (QED) is 0.425. The largest absolute Gasteiger partial charge is 0.484 e. The maximum Gasteiger partial charge on any atom is 0.269 e. The van der Waals surface area contributed by atoms with Crippen LogP contribution in [-0.4, -0.2) is 28.3 Å². The van der Waals surface area contributed by atoms with Gasteiger partial charge in [-0.15, -0.1) is 0 Å². The third kappa shape index (κ3) is 5.48. The fourth-order valence-electron chi connectivity index (χ4n) is 2.47. The van der Waals surface area contributed by atoms with Crippen molar-refractivity contribution in [2.75, 3.05) is 17.2 Å². The molecule has 0 saturated carbocycles. The normalized spacial score (nSPS) is 10.5. The molecule has 150 valence electrons. The number of nitrogens with one attached hydrogen (secondary N) is 2. The molecule has 0 spiro atoms. The minimum Gasteiger partial charge on any atom is -0.484 e. The first-order chi connectivity index (χ1) is 13.9. The fraction of sp³-hybridized carbons (Fsp3) is 0.211. The molecule has 0 radical (unpaired) electrons. The second-order valence-corrected chi connectivity index (χ2v) is 7.12. The summed E-state index contributed by atoms with van der Waals surface area (Å²) in [4.78, 5) is 38.3. The molecule has 0 saturated heterocycles. The predicted molar refractivity (Wildman–Crippen MR) is 110 cm³/mol. The van der Waals surface area contributed by atoms with Crippen LogP contribution in [0.3, 0.4) is 0 Å². The number of amides is 2. The summed E-state index contributed by atoms with van der Waals surface area (Å²) in [6.07, 6.45) is 1.20. The summed E-state index contributed by atoms with van der Waals surface area (Å²) in [7, 11) is 0. The van der Waals surface area contributed by atoms with Gasteiger partial charge in [0.05, 0.1) is 15.1 Å². The molecule has 1 aromatic heterocycles. The van der Waals surface area contributed by atoms with Crippen LogP contribution in [-0.2, 0) is 9.59 Å². The molecule has 0 aliphatic carbocycles. The van der Waals surface area contributed by atoms with Crippen LogP contribution in [0.5, 0.6) is 5.75 Å². The molecule has 0 unspecified atom stereocenters. The number of carbonyl (C=O) groups excluding carboxylic acids is 2. The highest BCUT2D eigenvalue weighted by atomic mass is 32.1. The molecule has 3 aromatic rings. The van der Waals surface area contributed by atoms with Gasteiger partial charge in [-0.05, 0) is 36.8 Å². The highest BCUT2D eigenvalue weighted by Crippen LogP contribution is 2.28. The number of thiazole rings is 1. The molecule has 0 aliphatic heterocycles. The van der Waals surface area contributed by atoms with Crippen molar-refractivity contribution in [1.29, 1.82) is 0 Å². The van der Waals surface area contributed by atoms with E-state index in [0.29, 0.717) is 23.0 Å². The zero-order valence-corrected chi connectivity index (χ0v) is 16.3. The first-order valence-corrected chi connectivity index (χ1v) is 9.64. The van der Waals surface area contributed by atoms with Crippen LogP contribution in [0.25, 0.3) is 10.2 Å². The molecule has 3 rings (SSSR count). The van der Waals surface area contributed by atoms with Gasteiger partial charge in [0.15, 0.2) is 11.7 Å². The van der Waals surface area contributed by atoms with Crippen LogP contribution in [0, 0.1) is 10.1 Å². The maximum atomic E-state index is 12.1. The van der Waals surface area contributed by atoms with E-state index in [4.69, 9.17) is 4.74 Å². The summed E-state index contributed by atoms with van der Waals surface area (Å²) in [5, 5.41) is 16.6.